The van der Waals surface area contributed by atoms with Gasteiger partial charge in [0.2, 0.25) is 0 Å². The van der Waals surface area contributed by atoms with Gasteiger partial charge in [0.25, 0.3) is 5.91 Å². The number of nitrogens with zero attached hydrogens (tertiary/aromatic N) is 1. The summed E-state index contributed by atoms with van der Waals surface area (Å²) < 4.78 is 4.95. The Balaban J connectivity index is 0.00000400. The van der Waals surface area contributed by atoms with Gasteiger partial charge < -0.3 is 10.1 Å². The van der Waals surface area contributed by atoms with Gasteiger partial charge in [-0.25, -0.2) is 0 Å². The van der Waals surface area contributed by atoms with E-state index in [4.69, 9.17) is 4.74 Å². The molecule has 0 spiro atoms. The van der Waals surface area contributed by atoms with Crippen LogP contribution in [-0.4, -0.2) is 23.6 Å². The summed E-state index contributed by atoms with van der Waals surface area (Å²) in [5.41, 5.74) is 0.447. The minimum absolute atomic E-state index is 0. The summed E-state index contributed by atoms with van der Waals surface area (Å²) >= 11 is 0. The summed E-state index contributed by atoms with van der Waals surface area (Å²) in [6.45, 7) is 2.06. The van der Waals surface area contributed by atoms with Gasteiger partial charge in [-0.05, 0) is 18.6 Å². The molecule has 0 saturated carbocycles. The summed E-state index contributed by atoms with van der Waals surface area (Å²) in [6.07, 6.45) is 8.90. The Morgan fingerprint density at radius 1 is 1.24 bits per heavy atom. The molecule has 0 aliphatic heterocycles. The number of nitrogens with one attached hydrogen (secondary N) is 1. The Bertz CT molecular complexity index is 413. The number of ether oxygens (including phenoxy) is 1. The molecule has 5 nitrogen and oxygen atoms in total. The second-order valence-electron chi connectivity index (χ2n) is 4.57. The van der Waals surface area contributed by atoms with E-state index in [2.05, 4.69) is 17.2 Å². The van der Waals surface area contributed by atoms with Gasteiger partial charge in [0, 0.05) is 18.8 Å². The average molecular weight is 359 g/mol. The second-order valence-corrected chi connectivity index (χ2v) is 4.57. The van der Waals surface area contributed by atoms with Crippen LogP contribution in [0.2, 0.25) is 0 Å². The summed E-state index contributed by atoms with van der Waals surface area (Å²) in [4.78, 5) is 26.9. The van der Waals surface area contributed by atoms with E-state index in [9.17, 15) is 9.59 Å². The van der Waals surface area contributed by atoms with Gasteiger partial charge in [0.05, 0.1) is 5.56 Å². The van der Waals surface area contributed by atoms with E-state index in [1.807, 2.05) is 0 Å². The van der Waals surface area contributed by atoms with Crippen LogP contribution in [0.25, 0.3) is 0 Å². The van der Waals surface area contributed by atoms with Crippen LogP contribution in [0.1, 0.15) is 55.8 Å². The summed E-state index contributed by atoms with van der Waals surface area (Å²) in [5, 5.41) is 2.52. The van der Waals surface area contributed by atoms with E-state index in [-0.39, 0.29) is 35.6 Å². The fourth-order valence-corrected chi connectivity index (χ4v) is 1.73. The molecule has 1 amide bonds. The first-order valence-electron chi connectivity index (χ1n) is 7.08. The van der Waals surface area contributed by atoms with Crippen molar-refractivity contribution in [3.05, 3.63) is 30.1 Å². The number of aromatic nitrogens is 1. The summed E-state index contributed by atoms with van der Waals surface area (Å²) in [6, 6.07) is 3.33. The van der Waals surface area contributed by atoms with Crippen molar-refractivity contribution in [1.82, 2.24) is 10.3 Å². The Kier molecular flexibility index (Phi) is 11.5. The summed E-state index contributed by atoms with van der Waals surface area (Å²) in [7, 11) is 0. The molecule has 0 aliphatic rings. The van der Waals surface area contributed by atoms with Crippen molar-refractivity contribution in [1.29, 1.82) is 0 Å². The Hall–Kier alpha value is -1.43. The molecule has 0 atom stereocenters. The van der Waals surface area contributed by atoms with Crippen LogP contribution in [0, 0.1) is 0 Å². The highest BCUT2D eigenvalue weighted by Gasteiger charge is 2.06. The molecule has 1 N–H and O–H groups in total. The molecular weight excluding hydrogens is 336 g/mol. The minimum atomic E-state index is -0.297. The van der Waals surface area contributed by atoms with Crippen LogP contribution >= 0.6 is 17.0 Å². The van der Waals surface area contributed by atoms with E-state index < -0.39 is 0 Å². The zero-order valence-corrected chi connectivity index (χ0v) is 14.1. The number of rotatable bonds is 9. The number of hydrogen-bond donors (Lipinski definition) is 1. The number of carbonyl (C=O) groups excluding carboxylic acids is 2. The smallest absolute Gasteiger partial charge is 0.307 e. The Labute approximate surface area is 136 Å². The molecule has 0 radical (unpaired) electrons. The lowest BCUT2D eigenvalue weighted by atomic mass is 10.1. The molecule has 0 fully saturated rings. The average Bonchev–Trinajstić information content (AvgIpc) is 2.48. The molecule has 118 valence electrons. The van der Waals surface area contributed by atoms with E-state index in [0.29, 0.717) is 12.0 Å². The molecule has 0 unspecified atom stereocenters. The van der Waals surface area contributed by atoms with Gasteiger partial charge in [0.15, 0.2) is 6.73 Å². The van der Waals surface area contributed by atoms with Crippen LogP contribution in [0.5, 0.6) is 0 Å². The molecule has 6 heteroatoms. The zero-order valence-electron chi connectivity index (χ0n) is 12.3. The highest BCUT2D eigenvalue weighted by molar-refractivity contribution is 8.93. The first-order valence-corrected chi connectivity index (χ1v) is 7.08. The number of carbonyl (C=O) groups is 2. The van der Waals surface area contributed by atoms with Crippen molar-refractivity contribution in [2.75, 3.05) is 6.73 Å². The topological polar surface area (TPSA) is 68.3 Å². The van der Waals surface area contributed by atoms with Crippen molar-refractivity contribution < 1.29 is 14.3 Å². The molecule has 1 aromatic rings. The van der Waals surface area contributed by atoms with Crippen LogP contribution in [0.4, 0.5) is 0 Å². The molecule has 1 heterocycles. The lowest BCUT2D eigenvalue weighted by Gasteiger charge is -2.06. The third kappa shape index (κ3) is 9.18. The van der Waals surface area contributed by atoms with Crippen LogP contribution in [-0.2, 0) is 9.53 Å². The molecule has 0 saturated heterocycles. The van der Waals surface area contributed by atoms with Gasteiger partial charge >= 0.3 is 5.97 Å². The number of esters is 1. The molecular formula is C15H23BrN2O3. The maximum Gasteiger partial charge on any atom is 0.307 e. The standard InChI is InChI=1S/C15H22N2O3.BrH/c1-2-3-4-5-6-9-14(18)20-12-17-15(19)13-8-7-10-16-11-13;/h7-8,10-11H,2-6,9,12H2,1H3,(H,17,19);1H. The predicted octanol–water partition coefficient (Wildman–Crippen LogP) is 3.25. The number of pyridine rings is 1. The van der Waals surface area contributed by atoms with E-state index in [1.165, 1.54) is 19.0 Å². The van der Waals surface area contributed by atoms with Gasteiger partial charge in [0.1, 0.15) is 0 Å². The zero-order chi connectivity index (χ0) is 14.6. The fraction of sp³-hybridized carbons (Fsp3) is 0.533. The number of unbranched alkanes of at least 4 members (excludes halogenated alkanes) is 4. The van der Waals surface area contributed by atoms with Gasteiger partial charge in [-0.3, -0.25) is 14.6 Å². The maximum atomic E-state index is 11.6. The molecule has 1 rings (SSSR count). The Morgan fingerprint density at radius 3 is 2.67 bits per heavy atom. The first-order chi connectivity index (χ1) is 9.74. The maximum absolute atomic E-state index is 11.6. The number of hydrogen-bond acceptors (Lipinski definition) is 4. The summed E-state index contributed by atoms with van der Waals surface area (Å²) in [5.74, 6) is -0.568. The van der Waals surface area contributed by atoms with Crippen molar-refractivity contribution in [3.63, 3.8) is 0 Å². The van der Waals surface area contributed by atoms with E-state index >= 15 is 0 Å². The van der Waals surface area contributed by atoms with Crippen LogP contribution < -0.4 is 5.32 Å². The monoisotopic (exact) mass is 358 g/mol. The van der Waals surface area contributed by atoms with Gasteiger partial charge in [-0.2, -0.15) is 0 Å². The third-order valence-corrected chi connectivity index (χ3v) is 2.87. The normalized spacial score (nSPS) is 9.57. The minimum Gasteiger partial charge on any atom is -0.444 e. The number of halogens is 1. The quantitative estimate of drug-likeness (QED) is 0.418. The van der Waals surface area contributed by atoms with Gasteiger partial charge in [-0.1, -0.05) is 32.6 Å². The lowest BCUT2D eigenvalue weighted by molar-refractivity contribution is -0.144. The lowest BCUT2D eigenvalue weighted by Crippen LogP contribution is -2.27. The highest BCUT2D eigenvalue weighted by Crippen LogP contribution is 2.05. The number of amides is 1. The van der Waals surface area contributed by atoms with E-state index in [1.54, 1.807) is 18.3 Å². The van der Waals surface area contributed by atoms with Crippen molar-refractivity contribution in [2.24, 2.45) is 0 Å². The largest absolute Gasteiger partial charge is 0.444 e. The van der Waals surface area contributed by atoms with Crippen LogP contribution in [0.3, 0.4) is 0 Å². The first kappa shape index (κ1) is 19.6. The molecule has 0 aromatic carbocycles. The highest BCUT2D eigenvalue weighted by atomic mass is 79.9. The SMILES string of the molecule is Br.CCCCCCCC(=O)OCNC(=O)c1cccnc1. The fourth-order valence-electron chi connectivity index (χ4n) is 1.73. The predicted molar refractivity (Wildman–Crippen MR) is 86.4 cm³/mol. The van der Waals surface area contributed by atoms with Crippen molar-refractivity contribution >= 4 is 28.9 Å². The van der Waals surface area contributed by atoms with Gasteiger partial charge in [-0.15, -0.1) is 17.0 Å². The molecule has 0 bridgehead atoms. The molecule has 21 heavy (non-hydrogen) atoms. The molecule has 0 aliphatic carbocycles. The van der Waals surface area contributed by atoms with Crippen LogP contribution in [0.15, 0.2) is 24.5 Å². The second kappa shape index (κ2) is 12.3. The van der Waals surface area contributed by atoms with Crippen molar-refractivity contribution in [3.8, 4) is 0 Å². The van der Waals surface area contributed by atoms with E-state index in [0.717, 1.165) is 19.3 Å². The molecule has 1 aromatic heterocycles. The Morgan fingerprint density at radius 2 is 2.00 bits per heavy atom. The van der Waals surface area contributed by atoms with Crippen molar-refractivity contribution in [2.45, 2.75) is 45.4 Å². The third-order valence-electron chi connectivity index (χ3n) is 2.87.